The van der Waals surface area contributed by atoms with E-state index in [1.54, 1.807) is 0 Å². The van der Waals surface area contributed by atoms with Crippen molar-refractivity contribution in [3.8, 4) is 5.75 Å². The second kappa shape index (κ2) is 6.28. The average molecular weight is 305 g/mol. The number of aromatic hydroxyl groups is 1. The molecule has 21 heavy (non-hydrogen) atoms. The molecule has 0 spiro atoms. The molecule has 112 valence electrons. The van der Waals surface area contributed by atoms with E-state index in [0.29, 0.717) is 6.54 Å². The van der Waals surface area contributed by atoms with Crippen LogP contribution in [0.4, 0.5) is 0 Å². The van der Waals surface area contributed by atoms with Gasteiger partial charge in [0.15, 0.2) is 0 Å². The molecule has 0 aliphatic rings. The number of phenolic OH excluding ortho intramolecular Hbond substituents is 1. The van der Waals surface area contributed by atoms with Gasteiger partial charge >= 0.3 is 0 Å². The first-order valence-electron chi connectivity index (χ1n) is 6.76. The molecule has 1 N–H and O–H groups in total. The number of rotatable bonds is 5. The Bertz CT molecular complexity index is 679. The Kier molecular flexibility index (Phi) is 4.65. The zero-order valence-corrected chi connectivity index (χ0v) is 12.9. The first-order chi connectivity index (χ1) is 9.91. The van der Waals surface area contributed by atoms with E-state index in [4.69, 9.17) is 0 Å². The highest BCUT2D eigenvalue weighted by molar-refractivity contribution is 7.89. The molecular formula is C16H19NO3S. The van der Waals surface area contributed by atoms with Crippen molar-refractivity contribution in [1.29, 1.82) is 0 Å². The maximum atomic E-state index is 12.7. The van der Waals surface area contributed by atoms with Crippen LogP contribution >= 0.6 is 0 Å². The number of sulfonamides is 1. The van der Waals surface area contributed by atoms with Crippen molar-refractivity contribution in [2.75, 3.05) is 0 Å². The van der Waals surface area contributed by atoms with E-state index >= 15 is 0 Å². The van der Waals surface area contributed by atoms with E-state index in [9.17, 15) is 13.5 Å². The topological polar surface area (TPSA) is 57.6 Å². The third-order valence-corrected chi connectivity index (χ3v) is 5.24. The standard InChI is InChI=1S/C16H19NO3S/c1-13(2)17(12-14-6-4-3-5-7-14)21(19,20)16-10-8-15(18)9-11-16/h3-11,13,18H,12H2,1-2H3. The van der Waals surface area contributed by atoms with Crippen molar-refractivity contribution < 1.29 is 13.5 Å². The lowest BCUT2D eigenvalue weighted by Gasteiger charge is -2.26. The summed E-state index contributed by atoms with van der Waals surface area (Å²) in [6.07, 6.45) is 0. The molecule has 0 atom stereocenters. The van der Waals surface area contributed by atoms with Crippen LogP contribution in [-0.2, 0) is 16.6 Å². The summed E-state index contributed by atoms with van der Waals surface area (Å²) in [5.41, 5.74) is 0.938. The van der Waals surface area contributed by atoms with Gasteiger partial charge in [-0.05, 0) is 43.7 Å². The molecule has 4 nitrogen and oxygen atoms in total. The third kappa shape index (κ3) is 3.62. The first kappa shape index (κ1) is 15.5. The minimum Gasteiger partial charge on any atom is -0.508 e. The minimum atomic E-state index is -3.59. The highest BCUT2D eigenvalue weighted by Gasteiger charge is 2.27. The first-order valence-corrected chi connectivity index (χ1v) is 8.20. The van der Waals surface area contributed by atoms with Gasteiger partial charge in [0.1, 0.15) is 5.75 Å². The summed E-state index contributed by atoms with van der Waals surface area (Å²) in [6, 6.07) is 14.9. The molecule has 2 aromatic carbocycles. The fourth-order valence-electron chi connectivity index (χ4n) is 2.06. The lowest BCUT2D eigenvalue weighted by molar-refractivity contribution is 0.348. The van der Waals surface area contributed by atoms with E-state index in [1.165, 1.54) is 28.6 Å². The van der Waals surface area contributed by atoms with Crippen LogP contribution in [0.1, 0.15) is 19.4 Å². The molecule has 0 aliphatic heterocycles. The quantitative estimate of drug-likeness (QED) is 0.924. The Morgan fingerprint density at radius 1 is 1.00 bits per heavy atom. The van der Waals surface area contributed by atoms with E-state index in [1.807, 2.05) is 44.2 Å². The van der Waals surface area contributed by atoms with Gasteiger partial charge in [-0.1, -0.05) is 30.3 Å². The Labute approximate surface area is 125 Å². The summed E-state index contributed by atoms with van der Waals surface area (Å²) >= 11 is 0. The predicted molar refractivity (Wildman–Crippen MR) is 82.4 cm³/mol. The second-order valence-corrected chi connectivity index (χ2v) is 7.01. The van der Waals surface area contributed by atoms with Crippen molar-refractivity contribution in [2.24, 2.45) is 0 Å². The molecule has 2 rings (SSSR count). The van der Waals surface area contributed by atoms with E-state index in [0.717, 1.165) is 5.56 Å². The van der Waals surface area contributed by atoms with Crippen LogP contribution in [0.2, 0.25) is 0 Å². The molecule has 0 aromatic heterocycles. The minimum absolute atomic E-state index is 0.0492. The molecule has 0 saturated heterocycles. The van der Waals surface area contributed by atoms with Gasteiger partial charge in [0, 0.05) is 12.6 Å². The van der Waals surface area contributed by atoms with Crippen molar-refractivity contribution >= 4 is 10.0 Å². The lowest BCUT2D eigenvalue weighted by Crippen LogP contribution is -2.36. The van der Waals surface area contributed by atoms with Crippen LogP contribution < -0.4 is 0 Å². The van der Waals surface area contributed by atoms with Gasteiger partial charge in [0.25, 0.3) is 0 Å². The van der Waals surface area contributed by atoms with Gasteiger partial charge in [-0.3, -0.25) is 0 Å². The molecule has 0 saturated carbocycles. The number of phenols is 1. The van der Waals surface area contributed by atoms with Gasteiger partial charge in [0.05, 0.1) is 4.90 Å². The van der Waals surface area contributed by atoms with Crippen LogP contribution in [0.5, 0.6) is 5.75 Å². The molecule has 0 bridgehead atoms. The number of hydrogen-bond acceptors (Lipinski definition) is 3. The predicted octanol–water partition coefficient (Wildman–Crippen LogP) is 2.99. The number of nitrogens with zero attached hydrogens (tertiary/aromatic N) is 1. The summed E-state index contributed by atoms with van der Waals surface area (Å²) in [5, 5.41) is 9.30. The maximum absolute atomic E-state index is 12.7. The van der Waals surface area contributed by atoms with Crippen molar-refractivity contribution in [3.05, 3.63) is 60.2 Å². The SMILES string of the molecule is CC(C)N(Cc1ccccc1)S(=O)(=O)c1ccc(O)cc1. The molecule has 0 unspecified atom stereocenters. The van der Waals surface area contributed by atoms with Crippen molar-refractivity contribution in [3.63, 3.8) is 0 Å². The average Bonchev–Trinajstić information content (AvgIpc) is 2.46. The summed E-state index contributed by atoms with van der Waals surface area (Å²) in [7, 11) is -3.59. The molecule has 0 radical (unpaired) electrons. The number of benzene rings is 2. The molecule has 0 heterocycles. The Hall–Kier alpha value is -1.85. The highest BCUT2D eigenvalue weighted by Crippen LogP contribution is 2.22. The van der Waals surface area contributed by atoms with Crippen LogP contribution in [0.25, 0.3) is 0 Å². The summed E-state index contributed by atoms with van der Waals surface area (Å²) < 4.78 is 26.9. The van der Waals surface area contributed by atoms with Crippen LogP contribution in [0.15, 0.2) is 59.5 Å². The Balaban J connectivity index is 2.35. The Morgan fingerprint density at radius 3 is 2.10 bits per heavy atom. The van der Waals surface area contributed by atoms with Gasteiger partial charge < -0.3 is 5.11 Å². The molecular weight excluding hydrogens is 286 g/mol. The van der Waals surface area contributed by atoms with Crippen LogP contribution in [0, 0.1) is 0 Å². The molecule has 0 amide bonds. The summed E-state index contributed by atoms with van der Waals surface area (Å²) in [6.45, 7) is 4.02. The van der Waals surface area contributed by atoms with Crippen molar-refractivity contribution in [1.82, 2.24) is 4.31 Å². The van der Waals surface area contributed by atoms with Gasteiger partial charge in [-0.15, -0.1) is 0 Å². The monoisotopic (exact) mass is 305 g/mol. The molecule has 5 heteroatoms. The largest absolute Gasteiger partial charge is 0.508 e. The van der Waals surface area contributed by atoms with Crippen LogP contribution in [0.3, 0.4) is 0 Å². The zero-order chi connectivity index (χ0) is 15.5. The van der Waals surface area contributed by atoms with Crippen molar-refractivity contribution in [2.45, 2.75) is 31.3 Å². The summed E-state index contributed by atoms with van der Waals surface area (Å²) in [4.78, 5) is 0.185. The van der Waals surface area contributed by atoms with E-state index in [-0.39, 0.29) is 16.7 Å². The van der Waals surface area contributed by atoms with E-state index < -0.39 is 10.0 Å². The Morgan fingerprint density at radius 2 is 1.57 bits per heavy atom. The number of hydrogen-bond donors (Lipinski definition) is 1. The fourth-order valence-corrected chi connectivity index (χ4v) is 3.69. The third-order valence-electron chi connectivity index (χ3n) is 3.20. The van der Waals surface area contributed by atoms with Gasteiger partial charge in [-0.25, -0.2) is 8.42 Å². The maximum Gasteiger partial charge on any atom is 0.243 e. The zero-order valence-electron chi connectivity index (χ0n) is 12.1. The van der Waals surface area contributed by atoms with Crippen LogP contribution in [-0.4, -0.2) is 23.9 Å². The molecule has 0 aliphatic carbocycles. The molecule has 0 fully saturated rings. The second-order valence-electron chi connectivity index (χ2n) is 5.12. The fraction of sp³-hybridized carbons (Fsp3) is 0.250. The summed E-state index contributed by atoms with van der Waals surface area (Å²) in [5.74, 6) is 0.0492. The van der Waals surface area contributed by atoms with Gasteiger partial charge in [0.2, 0.25) is 10.0 Å². The van der Waals surface area contributed by atoms with E-state index in [2.05, 4.69) is 0 Å². The highest BCUT2D eigenvalue weighted by atomic mass is 32.2. The molecule has 2 aromatic rings. The lowest BCUT2D eigenvalue weighted by atomic mass is 10.2. The van der Waals surface area contributed by atoms with Gasteiger partial charge in [-0.2, -0.15) is 4.31 Å². The smallest absolute Gasteiger partial charge is 0.243 e. The normalized spacial score (nSPS) is 12.0.